The Morgan fingerprint density at radius 3 is 2.21 bits per heavy atom. The normalized spacial score (nSPS) is 17.2. The second kappa shape index (κ2) is 9.07. The van der Waals surface area contributed by atoms with E-state index in [1.807, 2.05) is 24.3 Å². The largest absolute Gasteiger partial charge is 0.372 e. The summed E-state index contributed by atoms with van der Waals surface area (Å²) in [5, 5.41) is 5.93. The minimum atomic E-state index is -0.265. The average Bonchev–Trinajstić information content (AvgIpc) is 3.28. The van der Waals surface area contributed by atoms with E-state index in [4.69, 9.17) is 0 Å². The van der Waals surface area contributed by atoms with Crippen LogP contribution in [0.25, 0.3) is 0 Å². The Hall–Kier alpha value is -2.89. The van der Waals surface area contributed by atoms with E-state index >= 15 is 0 Å². The quantitative estimate of drug-likeness (QED) is 0.807. The third kappa shape index (κ3) is 4.94. The fourth-order valence-electron chi connectivity index (χ4n) is 4.14. The maximum Gasteiger partial charge on any atom is 0.257 e. The number of carbonyl (C=O) groups excluding carboxylic acids is 2. The summed E-state index contributed by atoms with van der Waals surface area (Å²) in [6, 6.07) is 9.78. The summed E-state index contributed by atoms with van der Waals surface area (Å²) in [4.78, 5) is 31.5. The van der Waals surface area contributed by atoms with Crippen LogP contribution in [0, 0.1) is 0 Å². The van der Waals surface area contributed by atoms with Gasteiger partial charge in [-0.25, -0.2) is 0 Å². The van der Waals surface area contributed by atoms with Crippen LogP contribution >= 0.6 is 0 Å². The highest BCUT2D eigenvalue weighted by molar-refractivity contribution is 6.05. The zero-order valence-corrected chi connectivity index (χ0v) is 16.7. The van der Waals surface area contributed by atoms with Gasteiger partial charge < -0.3 is 15.5 Å². The molecule has 2 amide bonds. The van der Waals surface area contributed by atoms with E-state index in [1.54, 1.807) is 6.07 Å². The lowest BCUT2D eigenvalue weighted by atomic mass is 10.1. The molecule has 2 aliphatic rings. The highest BCUT2D eigenvalue weighted by atomic mass is 16.2. The van der Waals surface area contributed by atoms with Crippen LogP contribution in [0.1, 0.15) is 65.7 Å². The molecule has 29 heavy (non-hydrogen) atoms. The van der Waals surface area contributed by atoms with E-state index in [-0.39, 0.29) is 17.9 Å². The fourth-order valence-corrected chi connectivity index (χ4v) is 4.14. The van der Waals surface area contributed by atoms with Crippen molar-refractivity contribution in [3.63, 3.8) is 0 Å². The highest BCUT2D eigenvalue weighted by Crippen LogP contribution is 2.22. The van der Waals surface area contributed by atoms with Crippen molar-refractivity contribution in [1.29, 1.82) is 0 Å². The Morgan fingerprint density at radius 2 is 1.52 bits per heavy atom. The molecule has 1 aliphatic carbocycles. The van der Waals surface area contributed by atoms with Crippen LogP contribution in [0.5, 0.6) is 0 Å². The number of piperidine rings is 1. The Kier molecular flexibility index (Phi) is 6.08. The molecule has 2 aromatic rings. The monoisotopic (exact) mass is 392 g/mol. The van der Waals surface area contributed by atoms with Crippen molar-refractivity contribution in [2.45, 2.75) is 51.0 Å². The van der Waals surface area contributed by atoms with Crippen molar-refractivity contribution in [1.82, 2.24) is 10.3 Å². The summed E-state index contributed by atoms with van der Waals surface area (Å²) in [6.07, 6.45) is 11.1. The molecule has 1 aromatic heterocycles. The number of carbonyl (C=O) groups is 2. The molecule has 0 atom stereocenters. The van der Waals surface area contributed by atoms with Gasteiger partial charge >= 0.3 is 0 Å². The maximum atomic E-state index is 12.6. The third-order valence-electron chi connectivity index (χ3n) is 5.80. The van der Waals surface area contributed by atoms with Gasteiger partial charge in [0.15, 0.2) is 0 Å². The smallest absolute Gasteiger partial charge is 0.257 e. The summed E-state index contributed by atoms with van der Waals surface area (Å²) in [5.74, 6) is -0.427. The predicted octanol–water partition coefficient (Wildman–Crippen LogP) is 4.00. The first kappa shape index (κ1) is 19.4. The molecule has 2 N–H and O–H groups in total. The van der Waals surface area contributed by atoms with E-state index in [2.05, 4.69) is 20.5 Å². The number of pyridine rings is 1. The zero-order chi connectivity index (χ0) is 20.1. The van der Waals surface area contributed by atoms with Crippen molar-refractivity contribution in [3.05, 3.63) is 53.9 Å². The number of nitrogens with one attached hydrogen (secondary N) is 2. The minimum absolute atomic E-state index is 0.162. The van der Waals surface area contributed by atoms with Crippen LogP contribution < -0.4 is 15.5 Å². The molecular formula is C23H28N4O2. The lowest BCUT2D eigenvalue weighted by molar-refractivity contribution is 0.0937. The van der Waals surface area contributed by atoms with Crippen molar-refractivity contribution in [3.8, 4) is 0 Å². The van der Waals surface area contributed by atoms with E-state index in [9.17, 15) is 9.59 Å². The number of benzene rings is 1. The molecule has 0 unspecified atom stereocenters. The van der Waals surface area contributed by atoms with E-state index < -0.39 is 0 Å². The van der Waals surface area contributed by atoms with Gasteiger partial charge in [0.2, 0.25) is 0 Å². The fraction of sp³-hybridized carbons (Fsp3) is 0.435. The molecule has 4 rings (SSSR count). The van der Waals surface area contributed by atoms with Crippen LogP contribution in [-0.2, 0) is 0 Å². The lowest BCUT2D eigenvalue weighted by Gasteiger charge is -2.28. The second-order valence-corrected chi connectivity index (χ2v) is 7.97. The van der Waals surface area contributed by atoms with Gasteiger partial charge in [-0.1, -0.05) is 12.8 Å². The van der Waals surface area contributed by atoms with Crippen LogP contribution in [-0.4, -0.2) is 35.9 Å². The molecule has 2 fully saturated rings. The summed E-state index contributed by atoms with van der Waals surface area (Å²) in [7, 11) is 0. The van der Waals surface area contributed by atoms with Gasteiger partial charge in [0.05, 0.1) is 11.1 Å². The first-order valence-corrected chi connectivity index (χ1v) is 10.6. The molecular weight excluding hydrogens is 364 g/mol. The van der Waals surface area contributed by atoms with Gasteiger partial charge in [-0.3, -0.25) is 14.6 Å². The molecule has 152 valence electrons. The molecule has 0 spiro atoms. The standard InChI is InChI=1S/C23H28N4O2/c28-22(25-19-6-2-3-7-19)17-14-18(16-24-15-17)23(29)26-20-8-10-21(11-9-20)27-12-4-1-5-13-27/h8-11,14-16,19H,1-7,12-13H2,(H,25,28)(H,26,29). The Balaban J connectivity index is 1.38. The van der Waals surface area contributed by atoms with Gasteiger partial charge in [0, 0.05) is 42.9 Å². The summed E-state index contributed by atoms with van der Waals surface area (Å²) < 4.78 is 0. The molecule has 0 radical (unpaired) electrons. The van der Waals surface area contributed by atoms with Crippen LogP contribution in [0.3, 0.4) is 0 Å². The van der Waals surface area contributed by atoms with Gasteiger partial charge in [0.25, 0.3) is 11.8 Å². The Bertz CT molecular complexity index is 853. The number of hydrogen-bond donors (Lipinski definition) is 2. The van der Waals surface area contributed by atoms with Crippen LogP contribution in [0.15, 0.2) is 42.7 Å². The van der Waals surface area contributed by atoms with Crippen molar-refractivity contribution in [2.24, 2.45) is 0 Å². The van der Waals surface area contributed by atoms with Crippen molar-refractivity contribution >= 4 is 23.2 Å². The number of nitrogens with zero attached hydrogens (tertiary/aromatic N) is 2. The first-order chi connectivity index (χ1) is 14.2. The van der Waals surface area contributed by atoms with Crippen LogP contribution in [0.2, 0.25) is 0 Å². The molecule has 6 nitrogen and oxygen atoms in total. The molecule has 1 saturated heterocycles. The van der Waals surface area contributed by atoms with Crippen molar-refractivity contribution < 1.29 is 9.59 Å². The third-order valence-corrected chi connectivity index (χ3v) is 5.80. The average molecular weight is 393 g/mol. The first-order valence-electron chi connectivity index (χ1n) is 10.6. The molecule has 1 aromatic carbocycles. The van der Waals surface area contributed by atoms with Crippen LogP contribution in [0.4, 0.5) is 11.4 Å². The number of aromatic nitrogens is 1. The summed E-state index contributed by atoms with van der Waals surface area (Å²) >= 11 is 0. The SMILES string of the molecule is O=C(Nc1ccc(N2CCCCC2)cc1)c1cncc(C(=O)NC2CCCC2)c1. The summed E-state index contributed by atoms with van der Waals surface area (Å²) in [6.45, 7) is 2.18. The van der Waals surface area contributed by atoms with Gasteiger partial charge in [0.1, 0.15) is 0 Å². The number of hydrogen-bond acceptors (Lipinski definition) is 4. The summed E-state index contributed by atoms with van der Waals surface area (Å²) in [5.41, 5.74) is 2.72. The Labute approximate surface area is 171 Å². The number of anilines is 2. The number of amides is 2. The van der Waals surface area contributed by atoms with Gasteiger partial charge in [-0.2, -0.15) is 0 Å². The van der Waals surface area contributed by atoms with E-state index in [0.717, 1.165) is 44.5 Å². The number of rotatable bonds is 5. The van der Waals surface area contributed by atoms with E-state index in [1.165, 1.54) is 37.3 Å². The second-order valence-electron chi connectivity index (χ2n) is 7.97. The lowest BCUT2D eigenvalue weighted by Crippen LogP contribution is -2.32. The van der Waals surface area contributed by atoms with Gasteiger partial charge in [-0.15, -0.1) is 0 Å². The van der Waals surface area contributed by atoms with Gasteiger partial charge in [-0.05, 0) is 62.4 Å². The van der Waals surface area contributed by atoms with Crippen molar-refractivity contribution in [2.75, 3.05) is 23.3 Å². The molecule has 2 heterocycles. The molecule has 1 saturated carbocycles. The molecule has 6 heteroatoms. The minimum Gasteiger partial charge on any atom is -0.372 e. The zero-order valence-electron chi connectivity index (χ0n) is 16.7. The molecule has 1 aliphatic heterocycles. The maximum absolute atomic E-state index is 12.6. The Morgan fingerprint density at radius 1 is 0.862 bits per heavy atom. The molecule has 0 bridgehead atoms. The van der Waals surface area contributed by atoms with E-state index in [0.29, 0.717) is 11.1 Å². The topological polar surface area (TPSA) is 74.3 Å². The predicted molar refractivity (Wildman–Crippen MR) is 114 cm³/mol. The highest BCUT2D eigenvalue weighted by Gasteiger charge is 2.19.